The van der Waals surface area contributed by atoms with Gasteiger partial charge in [-0.2, -0.15) is 0 Å². The third kappa shape index (κ3) is 5.93. The Kier molecular flexibility index (Phi) is 9.31. The molecule has 2 aromatic carbocycles. The molecule has 2 aliphatic rings. The third-order valence-corrected chi connectivity index (χ3v) is 7.62. The van der Waals surface area contributed by atoms with Crippen molar-refractivity contribution in [3.63, 3.8) is 0 Å². The van der Waals surface area contributed by atoms with Crippen molar-refractivity contribution in [1.29, 1.82) is 0 Å². The zero-order chi connectivity index (χ0) is 31.9. The van der Waals surface area contributed by atoms with E-state index in [9.17, 15) is 40.5 Å². The molecule has 3 aromatic rings. The highest BCUT2D eigenvalue weighted by molar-refractivity contribution is 5.86. The number of ether oxygens (including phenoxy) is 6. The van der Waals surface area contributed by atoms with Gasteiger partial charge in [0.15, 0.2) is 23.2 Å². The van der Waals surface area contributed by atoms with Crippen molar-refractivity contribution in [3.8, 4) is 34.3 Å². The molecule has 10 atom stereocenters. The molecule has 15 heteroatoms. The van der Waals surface area contributed by atoms with E-state index in [-0.39, 0.29) is 22.5 Å². The minimum absolute atomic E-state index is 0.0682. The minimum Gasteiger partial charge on any atom is -0.507 e. The lowest BCUT2D eigenvalue weighted by Crippen LogP contribution is -2.64. The normalized spacial score (nSPS) is 32.4. The fourth-order valence-corrected chi connectivity index (χ4v) is 5.18. The number of methoxy groups -OCH3 is 2. The van der Waals surface area contributed by atoms with Gasteiger partial charge in [0.2, 0.25) is 6.29 Å². The molecule has 0 amide bonds. The molecule has 3 heterocycles. The molecule has 0 aliphatic carbocycles. The maximum Gasteiger partial charge on any atom is 0.229 e. The molecule has 2 saturated heterocycles. The average molecular weight is 623 g/mol. The van der Waals surface area contributed by atoms with Crippen molar-refractivity contribution < 1.29 is 68.6 Å². The first-order valence-corrected chi connectivity index (χ1v) is 13.6. The Morgan fingerprint density at radius 1 is 0.818 bits per heavy atom. The van der Waals surface area contributed by atoms with E-state index in [1.807, 2.05) is 0 Å². The SMILES string of the molecule is COc1ccc(-c2cc(=O)c3c(O)cc(OC4OC(CO)C(OC5OC(C)C(O)C(O)C5O)C(O)C4O)cc3o2)cc1OC. The number of aliphatic hydroxyl groups excluding tert-OH is 6. The summed E-state index contributed by atoms with van der Waals surface area (Å²) in [7, 11) is 2.94. The minimum atomic E-state index is -1.79. The zero-order valence-electron chi connectivity index (χ0n) is 23.8. The summed E-state index contributed by atoms with van der Waals surface area (Å²) >= 11 is 0. The van der Waals surface area contributed by atoms with Crippen LogP contribution in [0.4, 0.5) is 0 Å². The van der Waals surface area contributed by atoms with E-state index in [2.05, 4.69) is 0 Å². The number of phenolic OH excluding ortho intramolecular Hbond substituents is 1. The largest absolute Gasteiger partial charge is 0.507 e. The molecule has 0 bridgehead atoms. The van der Waals surface area contributed by atoms with Crippen LogP contribution in [-0.4, -0.2) is 118 Å². The van der Waals surface area contributed by atoms with Gasteiger partial charge in [0.25, 0.3) is 0 Å². The van der Waals surface area contributed by atoms with Crippen LogP contribution in [0.2, 0.25) is 0 Å². The number of hydrogen-bond donors (Lipinski definition) is 7. The lowest BCUT2D eigenvalue weighted by atomic mass is 9.97. The number of aliphatic hydroxyl groups is 6. The number of fused-ring (bicyclic) bond motifs is 1. The van der Waals surface area contributed by atoms with Crippen molar-refractivity contribution in [2.24, 2.45) is 0 Å². The van der Waals surface area contributed by atoms with Crippen LogP contribution in [0.3, 0.4) is 0 Å². The molecule has 5 rings (SSSR count). The topological polar surface area (TPSA) is 227 Å². The number of rotatable bonds is 8. The summed E-state index contributed by atoms with van der Waals surface area (Å²) < 4.78 is 38.8. The van der Waals surface area contributed by atoms with Crippen LogP contribution in [-0.2, 0) is 14.2 Å². The smallest absolute Gasteiger partial charge is 0.229 e. The number of phenols is 1. The summed E-state index contributed by atoms with van der Waals surface area (Å²) in [5.74, 6) is 0.385. The summed E-state index contributed by atoms with van der Waals surface area (Å²) in [6.07, 6.45) is -15.1. The molecule has 10 unspecified atom stereocenters. The van der Waals surface area contributed by atoms with E-state index < -0.39 is 79.2 Å². The van der Waals surface area contributed by atoms with E-state index in [4.69, 9.17) is 32.8 Å². The molecular formula is C29H34O15. The second-order valence-corrected chi connectivity index (χ2v) is 10.5. The van der Waals surface area contributed by atoms with Crippen molar-refractivity contribution in [3.05, 3.63) is 46.6 Å². The molecule has 240 valence electrons. The van der Waals surface area contributed by atoms with Crippen LogP contribution in [0.5, 0.6) is 23.0 Å². The van der Waals surface area contributed by atoms with Crippen molar-refractivity contribution in [1.82, 2.24) is 0 Å². The first-order valence-electron chi connectivity index (χ1n) is 13.6. The predicted octanol–water partition coefficient (Wildman–Crippen LogP) is -0.787. The van der Waals surface area contributed by atoms with Gasteiger partial charge in [0, 0.05) is 23.8 Å². The maximum absolute atomic E-state index is 12.9. The summed E-state index contributed by atoms with van der Waals surface area (Å²) in [5.41, 5.74) is -0.146. The van der Waals surface area contributed by atoms with Crippen molar-refractivity contribution >= 4 is 11.0 Å². The van der Waals surface area contributed by atoms with E-state index in [1.165, 1.54) is 33.3 Å². The van der Waals surface area contributed by atoms with E-state index in [1.54, 1.807) is 18.2 Å². The van der Waals surface area contributed by atoms with E-state index in [0.717, 1.165) is 6.07 Å². The molecule has 0 saturated carbocycles. The average Bonchev–Trinajstić information content (AvgIpc) is 3.01. The highest BCUT2D eigenvalue weighted by Crippen LogP contribution is 2.36. The van der Waals surface area contributed by atoms with Gasteiger partial charge in [-0.15, -0.1) is 0 Å². The lowest BCUT2D eigenvalue weighted by molar-refractivity contribution is -0.349. The first-order chi connectivity index (χ1) is 21.0. The summed E-state index contributed by atoms with van der Waals surface area (Å²) in [6, 6.07) is 8.45. The summed E-state index contributed by atoms with van der Waals surface area (Å²) in [6.45, 7) is 0.703. The number of benzene rings is 2. The molecule has 0 radical (unpaired) electrons. The predicted molar refractivity (Wildman–Crippen MR) is 148 cm³/mol. The molecule has 7 N–H and O–H groups in total. The number of aromatic hydroxyl groups is 1. The molecule has 1 aromatic heterocycles. The Bertz CT molecular complexity index is 1520. The maximum atomic E-state index is 12.9. The van der Waals surface area contributed by atoms with Gasteiger partial charge in [-0.1, -0.05) is 0 Å². The molecule has 2 fully saturated rings. The first kappa shape index (κ1) is 31.9. The van der Waals surface area contributed by atoms with Crippen molar-refractivity contribution in [2.75, 3.05) is 20.8 Å². The van der Waals surface area contributed by atoms with Gasteiger partial charge in [0.05, 0.1) is 26.9 Å². The van der Waals surface area contributed by atoms with Crippen LogP contribution in [0, 0.1) is 0 Å². The Hall–Kier alpha value is -3.51. The molecule has 44 heavy (non-hydrogen) atoms. The fraction of sp³-hybridized carbons (Fsp3) is 0.483. The Balaban J connectivity index is 1.39. The third-order valence-electron chi connectivity index (χ3n) is 7.62. The van der Waals surface area contributed by atoms with Crippen LogP contribution in [0.15, 0.2) is 45.6 Å². The zero-order valence-corrected chi connectivity index (χ0v) is 23.8. The quantitative estimate of drug-likeness (QED) is 0.163. The lowest BCUT2D eigenvalue weighted by Gasteiger charge is -2.45. The Morgan fingerprint density at radius 3 is 2.20 bits per heavy atom. The highest BCUT2D eigenvalue weighted by atomic mass is 16.7. The van der Waals surface area contributed by atoms with Gasteiger partial charge < -0.3 is 68.6 Å². The second-order valence-electron chi connectivity index (χ2n) is 10.5. The van der Waals surface area contributed by atoms with Gasteiger partial charge in [-0.3, -0.25) is 4.79 Å². The monoisotopic (exact) mass is 622 g/mol. The second kappa shape index (κ2) is 12.8. The summed E-state index contributed by atoms with van der Waals surface area (Å²) in [4.78, 5) is 12.9. The van der Waals surface area contributed by atoms with Crippen molar-refractivity contribution in [2.45, 2.75) is 68.3 Å². The highest BCUT2D eigenvalue weighted by Gasteiger charge is 2.50. The van der Waals surface area contributed by atoms with E-state index >= 15 is 0 Å². The van der Waals surface area contributed by atoms with Crippen LogP contribution in [0.1, 0.15) is 6.92 Å². The fourth-order valence-electron chi connectivity index (χ4n) is 5.18. The summed E-state index contributed by atoms with van der Waals surface area (Å²) in [5, 5.41) is 72.4. The van der Waals surface area contributed by atoms with E-state index in [0.29, 0.717) is 17.1 Å². The molecule has 15 nitrogen and oxygen atoms in total. The van der Waals surface area contributed by atoms with Gasteiger partial charge in [0.1, 0.15) is 71.0 Å². The molecular weight excluding hydrogens is 588 g/mol. The Morgan fingerprint density at radius 2 is 1.52 bits per heavy atom. The Labute approximate surface area is 249 Å². The van der Waals surface area contributed by atoms with Gasteiger partial charge in [-0.05, 0) is 25.1 Å². The van der Waals surface area contributed by atoms with Crippen LogP contribution < -0.4 is 19.6 Å². The van der Waals surface area contributed by atoms with Gasteiger partial charge in [-0.25, -0.2) is 0 Å². The number of hydrogen-bond acceptors (Lipinski definition) is 15. The molecule has 2 aliphatic heterocycles. The standard InChI is InChI=1S/C29H34O15/c1-11-22(33)23(34)25(36)28(40-11)44-27-20(10-30)43-29(26(37)24(27)35)41-13-7-14(31)21-15(32)9-17(42-19(21)8-13)12-4-5-16(38-2)18(6-12)39-3/h4-9,11,20,22-31,33-37H,10H2,1-3H3. The van der Waals surface area contributed by atoms with Crippen LogP contribution >= 0.6 is 0 Å². The molecule has 0 spiro atoms. The van der Waals surface area contributed by atoms with Crippen LogP contribution in [0.25, 0.3) is 22.3 Å². The van der Waals surface area contributed by atoms with Gasteiger partial charge >= 0.3 is 0 Å².